The van der Waals surface area contributed by atoms with E-state index in [1.807, 2.05) is 6.07 Å². The lowest BCUT2D eigenvalue weighted by atomic mass is 9.68. The minimum atomic E-state index is -0.458. The number of hydrogen-bond acceptors (Lipinski definition) is 3. The lowest BCUT2D eigenvalue weighted by molar-refractivity contribution is -0.0171. The van der Waals surface area contributed by atoms with Crippen LogP contribution in [-0.4, -0.2) is 18.3 Å². The molecular weight excluding hydrogens is 268 g/mol. The fourth-order valence-electron chi connectivity index (χ4n) is 3.20. The smallest absolute Gasteiger partial charge is 0.0898 e. The zero-order chi connectivity index (χ0) is 14.0. The average molecular weight is 288 g/mol. The minimum absolute atomic E-state index is 0.217. The van der Waals surface area contributed by atoms with Crippen molar-refractivity contribution in [1.82, 2.24) is 0 Å². The number of rotatable bonds is 3. The van der Waals surface area contributed by atoms with Crippen LogP contribution < -0.4 is 0 Å². The molecule has 0 amide bonds. The second-order valence-electron chi connectivity index (χ2n) is 5.47. The van der Waals surface area contributed by atoms with Gasteiger partial charge in [-0.05, 0) is 42.3 Å². The molecule has 0 spiro atoms. The summed E-state index contributed by atoms with van der Waals surface area (Å²) in [4.78, 5) is 1.21. The molecule has 1 atom stereocenters. The van der Waals surface area contributed by atoms with E-state index in [1.165, 1.54) is 10.4 Å². The van der Waals surface area contributed by atoms with Crippen molar-refractivity contribution in [2.75, 3.05) is 13.2 Å². The van der Waals surface area contributed by atoms with Gasteiger partial charge < -0.3 is 9.84 Å². The van der Waals surface area contributed by atoms with E-state index in [-0.39, 0.29) is 5.41 Å². The Kier molecular flexibility index (Phi) is 3.92. The zero-order valence-electron chi connectivity index (χ0n) is 11.7. The van der Waals surface area contributed by atoms with Crippen LogP contribution in [0.1, 0.15) is 34.9 Å². The molecule has 20 heavy (non-hydrogen) atoms. The van der Waals surface area contributed by atoms with Crippen LogP contribution >= 0.6 is 11.3 Å². The van der Waals surface area contributed by atoms with Crippen molar-refractivity contribution in [2.45, 2.75) is 31.3 Å². The summed E-state index contributed by atoms with van der Waals surface area (Å²) < 4.78 is 5.54. The quantitative estimate of drug-likeness (QED) is 0.930. The molecule has 3 heteroatoms. The van der Waals surface area contributed by atoms with Gasteiger partial charge in [0.15, 0.2) is 0 Å². The lowest BCUT2D eigenvalue weighted by Crippen LogP contribution is -2.39. The van der Waals surface area contributed by atoms with Gasteiger partial charge in [-0.3, -0.25) is 0 Å². The van der Waals surface area contributed by atoms with Crippen molar-refractivity contribution in [2.24, 2.45) is 0 Å². The average Bonchev–Trinajstić information content (AvgIpc) is 2.94. The molecule has 0 radical (unpaired) electrons. The number of aliphatic hydroxyl groups is 1. The van der Waals surface area contributed by atoms with E-state index in [0.717, 1.165) is 31.6 Å². The van der Waals surface area contributed by atoms with Gasteiger partial charge in [0.2, 0.25) is 0 Å². The summed E-state index contributed by atoms with van der Waals surface area (Å²) >= 11 is 1.70. The zero-order valence-corrected chi connectivity index (χ0v) is 12.5. The fourth-order valence-corrected chi connectivity index (χ4v) is 3.94. The predicted octanol–water partition coefficient (Wildman–Crippen LogP) is 3.84. The summed E-state index contributed by atoms with van der Waals surface area (Å²) in [6.07, 6.45) is 1.28. The fraction of sp³-hybridized carbons (Fsp3) is 0.412. The Balaban J connectivity index is 2.04. The molecule has 1 aliphatic rings. The predicted molar refractivity (Wildman–Crippen MR) is 82.2 cm³/mol. The van der Waals surface area contributed by atoms with Gasteiger partial charge in [-0.25, -0.2) is 0 Å². The van der Waals surface area contributed by atoms with Crippen LogP contribution in [0.15, 0.2) is 41.8 Å². The molecule has 1 unspecified atom stereocenters. The van der Waals surface area contributed by atoms with E-state index in [1.54, 1.807) is 11.3 Å². The molecule has 1 N–H and O–H groups in total. The van der Waals surface area contributed by atoms with Crippen LogP contribution in [-0.2, 0) is 10.2 Å². The van der Waals surface area contributed by atoms with E-state index in [2.05, 4.69) is 42.6 Å². The van der Waals surface area contributed by atoms with Gasteiger partial charge in [0, 0.05) is 23.5 Å². The van der Waals surface area contributed by atoms with Crippen LogP contribution in [0.5, 0.6) is 0 Å². The van der Waals surface area contributed by atoms with Crippen LogP contribution in [0.2, 0.25) is 0 Å². The molecule has 3 rings (SSSR count). The number of thiophene rings is 1. The van der Waals surface area contributed by atoms with Crippen LogP contribution in [0, 0.1) is 6.92 Å². The molecule has 0 aliphatic carbocycles. The SMILES string of the molecule is Cc1sccc1C(O)C1(c2ccccc2)CCOCC1. The second-order valence-corrected chi connectivity index (χ2v) is 6.59. The van der Waals surface area contributed by atoms with Gasteiger partial charge in [-0.15, -0.1) is 11.3 Å². The third-order valence-corrected chi connectivity index (χ3v) is 5.31. The number of aliphatic hydroxyl groups excluding tert-OH is 1. The highest BCUT2D eigenvalue weighted by Gasteiger charge is 2.42. The van der Waals surface area contributed by atoms with Crippen LogP contribution in [0.4, 0.5) is 0 Å². The summed E-state index contributed by atoms with van der Waals surface area (Å²) in [6.45, 7) is 3.52. The summed E-state index contributed by atoms with van der Waals surface area (Å²) in [6, 6.07) is 12.5. The van der Waals surface area contributed by atoms with E-state index in [9.17, 15) is 5.11 Å². The highest BCUT2D eigenvalue weighted by molar-refractivity contribution is 7.10. The second kappa shape index (κ2) is 5.68. The Morgan fingerprint density at radius 2 is 1.85 bits per heavy atom. The van der Waals surface area contributed by atoms with Gasteiger partial charge in [0.1, 0.15) is 0 Å². The standard InChI is InChI=1S/C17H20O2S/c1-13-15(7-12-20-13)16(18)17(8-10-19-11-9-17)14-5-3-2-4-6-14/h2-7,12,16,18H,8-11H2,1H3. The molecule has 2 heterocycles. The molecule has 2 aromatic rings. The van der Waals surface area contributed by atoms with E-state index in [0.29, 0.717) is 0 Å². The molecule has 0 bridgehead atoms. The van der Waals surface area contributed by atoms with Gasteiger partial charge in [-0.2, -0.15) is 0 Å². The summed E-state index contributed by atoms with van der Waals surface area (Å²) in [5.41, 5.74) is 2.08. The molecule has 1 aromatic heterocycles. The Morgan fingerprint density at radius 3 is 2.45 bits per heavy atom. The van der Waals surface area contributed by atoms with Crippen molar-refractivity contribution in [1.29, 1.82) is 0 Å². The van der Waals surface area contributed by atoms with Crippen molar-refractivity contribution >= 4 is 11.3 Å². The Hall–Kier alpha value is -1.16. The van der Waals surface area contributed by atoms with Crippen LogP contribution in [0.25, 0.3) is 0 Å². The Morgan fingerprint density at radius 1 is 1.15 bits per heavy atom. The topological polar surface area (TPSA) is 29.5 Å². The summed E-state index contributed by atoms with van der Waals surface area (Å²) in [5, 5.41) is 13.1. The van der Waals surface area contributed by atoms with Crippen molar-refractivity contribution in [3.63, 3.8) is 0 Å². The number of hydrogen-bond donors (Lipinski definition) is 1. The lowest BCUT2D eigenvalue weighted by Gasteiger charge is -2.41. The van der Waals surface area contributed by atoms with E-state index < -0.39 is 6.10 Å². The monoisotopic (exact) mass is 288 g/mol. The first-order valence-corrected chi connectivity index (χ1v) is 7.97. The largest absolute Gasteiger partial charge is 0.387 e. The molecule has 1 fully saturated rings. The number of ether oxygens (including phenoxy) is 1. The first-order chi connectivity index (χ1) is 9.74. The number of aryl methyl sites for hydroxylation is 1. The van der Waals surface area contributed by atoms with Gasteiger partial charge in [0.05, 0.1) is 6.10 Å². The third-order valence-electron chi connectivity index (χ3n) is 4.45. The summed E-state index contributed by atoms with van der Waals surface area (Å²) in [7, 11) is 0. The Labute approximate surface area is 124 Å². The van der Waals surface area contributed by atoms with E-state index >= 15 is 0 Å². The van der Waals surface area contributed by atoms with Gasteiger partial charge >= 0.3 is 0 Å². The maximum atomic E-state index is 11.1. The van der Waals surface area contributed by atoms with Crippen molar-refractivity contribution in [3.8, 4) is 0 Å². The maximum absolute atomic E-state index is 11.1. The highest BCUT2D eigenvalue weighted by atomic mass is 32.1. The highest BCUT2D eigenvalue weighted by Crippen LogP contribution is 2.46. The van der Waals surface area contributed by atoms with Crippen molar-refractivity contribution in [3.05, 3.63) is 57.8 Å². The van der Waals surface area contributed by atoms with E-state index in [4.69, 9.17) is 4.74 Å². The molecule has 0 saturated carbocycles. The maximum Gasteiger partial charge on any atom is 0.0898 e. The third kappa shape index (κ3) is 2.30. The van der Waals surface area contributed by atoms with Crippen molar-refractivity contribution < 1.29 is 9.84 Å². The summed E-state index contributed by atoms with van der Waals surface area (Å²) in [5.74, 6) is 0. The molecule has 1 aromatic carbocycles. The first-order valence-electron chi connectivity index (χ1n) is 7.09. The molecule has 1 aliphatic heterocycles. The normalized spacial score (nSPS) is 19.7. The molecule has 2 nitrogen and oxygen atoms in total. The molecular formula is C17H20O2S. The first kappa shape index (κ1) is 13.8. The minimum Gasteiger partial charge on any atom is -0.387 e. The number of benzene rings is 1. The van der Waals surface area contributed by atoms with Gasteiger partial charge in [0.25, 0.3) is 0 Å². The molecule has 1 saturated heterocycles. The Bertz CT molecular complexity index is 555. The van der Waals surface area contributed by atoms with Crippen LogP contribution in [0.3, 0.4) is 0 Å². The molecule has 106 valence electrons. The van der Waals surface area contributed by atoms with Gasteiger partial charge in [-0.1, -0.05) is 30.3 Å².